The van der Waals surface area contributed by atoms with Gasteiger partial charge in [0.25, 0.3) is 0 Å². The van der Waals surface area contributed by atoms with Crippen LogP contribution < -0.4 is 9.47 Å². The Kier molecular flexibility index (Phi) is 12.0. The van der Waals surface area contributed by atoms with Crippen LogP contribution in [0.4, 0.5) is 35.1 Å². The van der Waals surface area contributed by atoms with Gasteiger partial charge in [-0.3, -0.25) is 0 Å². The summed E-state index contributed by atoms with van der Waals surface area (Å²) in [5, 5.41) is 40.9. The standard InChI is InChI=1S/C22H15F4N3O2.C22H16F4N2O3/c23-16-6-8-17(9-7-16)29-19-11-10-18(12-15(19)13-27-29)31-20(14-4-2-1-3-5-14)21(28-30)22(24,25)26;23-16-6-8-17(9-7-16)28-19-11-10-18(12-15(19)13-27-28)31-20(14-4-2-1-3-5-14)21(29,30)22(24,25)26/h1-13,20,30H;1-13,20,29-30H. The van der Waals surface area contributed by atoms with Gasteiger partial charge < -0.3 is 24.9 Å². The summed E-state index contributed by atoms with van der Waals surface area (Å²) < 4.78 is 121. The molecular formula is C44H31F8N5O5. The first-order valence-corrected chi connectivity index (χ1v) is 18.2. The normalized spacial score (nSPS) is 13.4. The van der Waals surface area contributed by atoms with Gasteiger partial charge in [-0.25, -0.2) is 18.1 Å². The van der Waals surface area contributed by atoms with Crippen LogP contribution >= 0.6 is 0 Å². The number of benzene rings is 6. The topological polar surface area (TPSA) is 127 Å². The second-order valence-corrected chi connectivity index (χ2v) is 13.5. The molecule has 0 spiro atoms. The number of ether oxygens (including phenoxy) is 2. The molecule has 2 atom stereocenters. The van der Waals surface area contributed by atoms with Crippen molar-refractivity contribution in [3.63, 3.8) is 0 Å². The first-order chi connectivity index (χ1) is 29.5. The van der Waals surface area contributed by atoms with E-state index in [4.69, 9.17) is 14.7 Å². The maximum absolute atomic E-state index is 13.4. The van der Waals surface area contributed by atoms with Gasteiger partial charge in [-0.2, -0.15) is 36.5 Å². The molecule has 0 aliphatic rings. The largest absolute Gasteiger partial charge is 0.480 e. The smallest absolute Gasteiger partial charge is 0.447 e. The molecule has 8 rings (SSSR count). The SMILES string of the molecule is OC(O)(C(Oc1ccc2c(cnn2-c2ccc(F)cc2)c1)c1ccccc1)C(F)(F)F.ON=C(C(Oc1ccc2c(cnn2-c2ccc(F)cc2)c1)c1ccccc1)C(F)(F)F. The number of halogens is 8. The molecular weight excluding hydrogens is 830 g/mol. The molecule has 318 valence electrons. The van der Waals surface area contributed by atoms with Crippen LogP contribution in [0.25, 0.3) is 33.2 Å². The van der Waals surface area contributed by atoms with Crippen molar-refractivity contribution in [1.82, 2.24) is 19.6 Å². The van der Waals surface area contributed by atoms with Crippen LogP contribution in [0.5, 0.6) is 11.5 Å². The summed E-state index contributed by atoms with van der Waals surface area (Å²) in [6.45, 7) is 0. The number of hydrogen-bond acceptors (Lipinski definition) is 8. The summed E-state index contributed by atoms with van der Waals surface area (Å²) in [4.78, 5) is 0. The Morgan fingerprint density at radius 3 is 1.42 bits per heavy atom. The van der Waals surface area contributed by atoms with Crippen LogP contribution in [0.15, 0.2) is 163 Å². The van der Waals surface area contributed by atoms with Gasteiger partial charge in [-0.15, -0.1) is 0 Å². The third-order valence-corrected chi connectivity index (χ3v) is 9.36. The molecule has 2 unspecified atom stereocenters. The highest BCUT2D eigenvalue weighted by atomic mass is 19.4. The molecule has 0 amide bonds. The van der Waals surface area contributed by atoms with Crippen molar-refractivity contribution in [3.8, 4) is 22.9 Å². The van der Waals surface area contributed by atoms with Crippen molar-refractivity contribution in [2.24, 2.45) is 5.16 Å². The minimum absolute atomic E-state index is 0.0169. The van der Waals surface area contributed by atoms with Crippen LogP contribution in [-0.2, 0) is 0 Å². The number of rotatable bonds is 10. The minimum Gasteiger partial charge on any atom is -0.480 e. The Morgan fingerprint density at radius 1 is 0.565 bits per heavy atom. The van der Waals surface area contributed by atoms with Gasteiger partial charge >= 0.3 is 18.1 Å². The average Bonchev–Trinajstić information content (AvgIpc) is 3.87. The molecule has 2 heterocycles. The van der Waals surface area contributed by atoms with Crippen LogP contribution in [0, 0.1) is 11.6 Å². The van der Waals surface area contributed by atoms with Gasteiger partial charge in [-0.1, -0.05) is 65.8 Å². The number of alkyl halides is 6. The summed E-state index contributed by atoms with van der Waals surface area (Å²) in [6, 6.07) is 35.2. The lowest BCUT2D eigenvalue weighted by atomic mass is 10.0. The molecule has 6 aromatic carbocycles. The molecule has 0 aliphatic heterocycles. The van der Waals surface area contributed by atoms with Crippen LogP contribution in [0.2, 0.25) is 0 Å². The molecule has 18 heteroatoms. The lowest BCUT2D eigenvalue weighted by molar-refractivity contribution is -0.376. The minimum atomic E-state index is -5.36. The maximum Gasteiger partial charge on any atom is 0.447 e. The molecule has 0 saturated heterocycles. The van der Waals surface area contributed by atoms with Crippen molar-refractivity contribution in [2.45, 2.75) is 30.3 Å². The lowest BCUT2D eigenvalue weighted by Gasteiger charge is -2.33. The molecule has 0 bridgehead atoms. The number of aromatic nitrogens is 4. The molecule has 62 heavy (non-hydrogen) atoms. The Labute approximate surface area is 345 Å². The molecule has 0 radical (unpaired) electrons. The summed E-state index contributed by atoms with van der Waals surface area (Å²) in [5.41, 5.74) is 1.11. The van der Waals surface area contributed by atoms with E-state index in [-0.39, 0.29) is 28.4 Å². The highest BCUT2D eigenvalue weighted by molar-refractivity contribution is 5.94. The molecule has 3 N–H and O–H groups in total. The van der Waals surface area contributed by atoms with Gasteiger partial charge in [0.2, 0.25) is 5.71 Å². The molecule has 0 saturated carbocycles. The number of oxime groups is 1. The van der Waals surface area contributed by atoms with Crippen LogP contribution in [0.3, 0.4) is 0 Å². The van der Waals surface area contributed by atoms with Crippen molar-refractivity contribution >= 4 is 27.5 Å². The van der Waals surface area contributed by atoms with Gasteiger partial charge in [0, 0.05) is 10.8 Å². The monoisotopic (exact) mass is 861 g/mol. The van der Waals surface area contributed by atoms with E-state index in [0.29, 0.717) is 33.2 Å². The van der Waals surface area contributed by atoms with E-state index in [9.17, 15) is 45.3 Å². The number of fused-ring (bicyclic) bond motifs is 2. The second kappa shape index (κ2) is 17.3. The highest BCUT2D eigenvalue weighted by Gasteiger charge is 2.60. The van der Waals surface area contributed by atoms with E-state index in [1.165, 1.54) is 114 Å². The summed E-state index contributed by atoms with van der Waals surface area (Å²) in [5.74, 6) is -4.79. The van der Waals surface area contributed by atoms with Crippen molar-refractivity contribution in [3.05, 3.63) is 181 Å². The van der Waals surface area contributed by atoms with E-state index >= 15 is 0 Å². The third-order valence-electron chi connectivity index (χ3n) is 9.36. The first kappa shape index (κ1) is 42.8. The number of hydrogen-bond donors (Lipinski definition) is 3. The zero-order valence-corrected chi connectivity index (χ0v) is 31.6. The molecule has 10 nitrogen and oxygen atoms in total. The fraction of sp³-hybridized carbons (Fsp3) is 0.114. The first-order valence-electron chi connectivity index (χ1n) is 18.2. The highest BCUT2D eigenvalue weighted by Crippen LogP contribution is 2.41. The lowest BCUT2D eigenvalue weighted by Crippen LogP contribution is -2.52. The van der Waals surface area contributed by atoms with Gasteiger partial charge in [0.05, 0.1) is 34.8 Å². The Hall–Kier alpha value is -7.31. The Morgan fingerprint density at radius 2 is 1.00 bits per heavy atom. The second-order valence-electron chi connectivity index (χ2n) is 13.5. The fourth-order valence-electron chi connectivity index (χ4n) is 6.34. The molecule has 0 aliphatic carbocycles. The molecule has 2 aromatic heterocycles. The average molecular weight is 862 g/mol. The zero-order valence-electron chi connectivity index (χ0n) is 31.6. The third kappa shape index (κ3) is 9.20. The van der Waals surface area contributed by atoms with Crippen LogP contribution in [-0.4, -0.2) is 58.8 Å². The van der Waals surface area contributed by atoms with E-state index in [1.54, 1.807) is 53.2 Å². The number of nitrogens with zero attached hydrogens (tertiary/aromatic N) is 5. The van der Waals surface area contributed by atoms with E-state index < -0.39 is 41.9 Å². The molecule has 0 fully saturated rings. The maximum atomic E-state index is 13.4. The number of aliphatic hydroxyl groups is 2. The predicted molar refractivity (Wildman–Crippen MR) is 210 cm³/mol. The summed E-state index contributed by atoms with van der Waals surface area (Å²) >= 11 is 0. The van der Waals surface area contributed by atoms with Crippen molar-refractivity contribution in [2.75, 3.05) is 0 Å². The van der Waals surface area contributed by atoms with Gasteiger partial charge in [-0.05, 0) is 96.1 Å². The van der Waals surface area contributed by atoms with E-state index in [2.05, 4.69) is 15.4 Å². The van der Waals surface area contributed by atoms with E-state index in [1.807, 2.05) is 0 Å². The van der Waals surface area contributed by atoms with Crippen molar-refractivity contribution in [1.29, 1.82) is 0 Å². The molecule has 8 aromatic rings. The zero-order chi connectivity index (χ0) is 44.2. The van der Waals surface area contributed by atoms with Crippen molar-refractivity contribution < 1.29 is 60.0 Å². The van der Waals surface area contributed by atoms with Gasteiger partial charge in [0.15, 0.2) is 12.2 Å². The van der Waals surface area contributed by atoms with Crippen LogP contribution in [0.1, 0.15) is 23.3 Å². The summed E-state index contributed by atoms with van der Waals surface area (Å²) in [7, 11) is 0. The van der Waals surface area contributed by atoms with E-state index in [0.717, 1.165) is 0 Å². The predicted octanol–water partition coefficient (Wildman–Crippen LogP) is 10.2. The Balaban J connectivity index is 0.000000186. The Bertz CT molecular complexity index is 2790. The fourth-order valence-corrected chi connectivity index (χ4v) is 6.34. The van der Waals surface area contributed by atoms with Gasteiger partial charge in [0.1, 0.15) is 23.1 Å². The summed E-state index contributed by atoms with van der Waals surface area (Å²) in [6.07, 6.45) is -11.1. The quantitative estimate of drug-likeness (QED) is 0.0411.